The highest BCUT2D eigenvalue weighted by Crippen LogP contribution is 2.60. The minimum Gasteiger partial charge on any atom is -0.508 e. The van der Waals surface area contributed by atoms with Crippen molar-refractivity contribution in [3.8, 4) is 5.75 Å². The molecule has 0 amide bonds. The molecule has 0 spiro atoms. The van der Waals surface area contributed by atoms with Gasteiger partial charge in [0.25, 0.3) is 0 Å². The molecule has 0 aliphatic heterocycles. The van der Waals surface area contributed by atoms with Gasteiger partial charge in [-0.3, -0.25) is 4.68 Å². The fourth-order valence-electron chi connectivity index (χ4n) is 6.32. The van der Waals surface area contributed by atoms with Gasteiger partial charge in [0, 0.05) is 29.4 Å². The van der Waals surface area contributed by atoms with Crippen LogP contribution in [0.5, 0.6) is 5.75 Å². The van der Waals surface area contributed by atoms with Crippen LogP contribution in [0.3, 0.4) is 0 Å². The number of phenolic OH excluding ortho intramolecular Hbond substituents is 1. The highest BCUT2D eigenvalue weighted by atomic mass is 16.3. The largest absolute Gasteiger partial charge is 0.508 e. The van der Waals surface area contributed by atoms with Crippen molar-refractivity contribution in [1.82, 2.24) is 9.78 Å². The number of benzene rings is 1. The number of aryl methyl sites for hydroxylation is 2. The van der Waals surface area contributed by atoms with E-state index in [9.17, 15) is 5.11 Å². The van der Waals surface area contributed by atoms with Crippen molar-refractivity contribution in [2.24, 2.45) is 34.5 Å². The molecule has 1 aromatic heterocycles. The van der Waals surface area contributed by atoms with Crippen LogP contribution in [0.15, 0.2) is 34.6 Å². The molecule has 2 saturated carbocycles. The van der Waals surface area contributed by atoms with Gasteiger partial charge in [0.15, 0.2) is 0 Å². The Labute approximate surface area is 172 Å². The molecule has 2 aromatic rings. The number of aromatic hydroxyl groups is 1. The number of hydrogen-bond acceptors (Lipinski definition) is 4. The molecule has 1 N–H and O–H groups in total. The van der Waals surface area contributed by atoms with E-state index in [2.05, 4.69) is 30.1 Å². The maximum absolute atomic E-state index is 9.86. The number of aromatic nitrogens is 2. The van der Waals surface area contributed by atoms with Gasteiger partial charge in [-0.1, -0.05) is 13.0 Å². The second-order valence-corrected chi connectivity index (χ2v) is 9.39. The normalized spacial score (nSPS) is 32.4. The average Bonchev–Trinajstić information content (AvgIpc) is 3.21. The van der Waals surface area contributed by atoms with Crippen molar-refractivity contribution in [3.63, 3.8) is 0 Å². The molecular weight excluding hydrogens is 360 g/mol. The fourth-order valence-corrected chi connectivity index (χ4v) is 6.32. The number of hydrogen-bond donors (Lipinski definition) is 1. The first-order valence-electron chi connectivity index (χ1n) is 10.9. The summed E-state index contributed by atoms with van der Waals surface area (Å²) in [6, 6.07) is 6.02. The second-order valence-electron chi connectivity index (χ2n) is 9.39. The van der Waals surface area contributed by atoms with E-state index in [1.807, 2.05) is 36.3 Å². The molecule has 3 aliphatic rings. The van der Waals surface area contributed by atoms with E-state index < -0.39 is 0 Å². The van der Waals surface area contributed by atoms with Gasteiger partial charge in [-0.15, -0.1) is 0 Å². The summed E-state index contributed by atoms with van der Waals surface area (Å²) in [6.45, 7) is 4.48. The fraction of sp³-hybridized carbons (Fsp3) is 0.542. The second kappa shape index (κ2) is 6.82. The van der Waals surface area contributed by atoms with Gasteiger partial charge in [0.05, 0.1) is 12.4 Å². The van der Waals surface area contributed by atoms with Crippen LogP contribution in [0.25, 0.3) is 0 Å². The third-order valence-electron chi connectivity index (χ3n) is 8.10. The van der Waals surface area contributed by atoms with Gasteiger partial charge < -0.3 is 5.11 Å². The smallest absolute Gasteiger partial charge is 0.115 e. The Bertz CT molecular complexity index is 1000. The standard InChI is InChI=1S/C24H30N4O/c1-15-17(14-26-28(15)3)13-25-27-23-9-8-22-21-6-4-16-12-18(29)5-7-19(16)20(21)10-11-24(22,23)2/h5,7,12-14,20-22,29H,4,6,8-11H2,1-3H3/b25-13-,27-23-/t20-,21-,22-,24-/m0/s1. The Morgan fingerprint density at radius 2 is 2.10 bits per heavy atom. The molecule has 1 aromatic carbocycles. The van der Waals surface area contributed by atoms with Crippen LogP contribution in [0.1, 0.15) is 67.3 Å². The van der Waals surface area contributed by atoms with Gasteiger partial charge in [-0.05, 0) is 86.5 Å². The topological polar surface area (TPSA) is 62.8 Å². The molecule has 29 heavy (non-hydrogen) atoms. The summed E-state index contributed by atoms with van der Waals surface area (Å²) in [4.78, 5) is 0. The lowest BCUT2D eigenvalue weighted by Crippen LogP contribution is -2.42. The maximum atomic E-state index is 9.86. The Balaban J connectivity index is 1.39. The van der Waals surface area contributed by atoms with Crippen LogP contribution in [-0.4, -0.2) is 26.8 Å². The van der Waals surface area contributed by atoms with Gasteiger partial charge in [0.2, 0.25) is 0 Å². The van der Waals surface area contributed by atoms with Crippen molar-refractivity contribution in [3.05, 3.63) is 46.8 Å². The highest BCUT2D eigenvalue weighted by molar-refractivity contribution is 5.93. The molecule has 0 radical (unpaired) electrons. The molecule has 1 heterocycles. The number of nitrogens with zero attached hydrogens (tertiary/aromatic N) is 4. The molecule has 2 fully saturated rings. The predicted molar refractivity (Wildman–Crippen MR) is 116 cm³/mol. The average molecular weight is 391 g/mol. The van der Waals surface area contributed by atoms with Gasteiger partial charge in [-0.25, -0.2) is 0 Å². The van der Waals surface area contributed by atoms with Crippen LogP contribution < -0.4 is 0 Å². The Kier molecular flexibility index (Phi) is 4.37. The summed E-state index contributed by atoms with van der Waals surface area (Å²) in [7, 11) is 1.95. The van der Waals surface area contributed by atoms with E-state index in [1.54, 1.807) is 0 Å². The van der Waals surface area contributed by atoms with Crippen molar-refractivity contribution in [1.29, 1.82) is 0 Å². The first-order chi connectivity index (χ1) is 14.0. The van der Waals surface area contributed by atoms with E-state index >= 15 is 0 Å². The minimum atomic E-state index is 0.177. The third kappa shape index (κ3) is 2.93. The summed E-state index contributed by atoms with van der Waals surface area (Å²) in [5.41, 5.74) is 6.45. The monoisotopic (exact) mass is 390 g/mol. The highest BCUT2D eigenvalue weighted by Gasteiger charge is 2.53. The third-order valence-corrected chi connectivity index (χ3v) is 8.10. The van der Waals surface area contributed by atoms with Gasteiger partial charge >= 0.3 is 0 Å². The van der Waals surface area contributed by atoms with Gasteiger partial charge in [0.1, 0.15) is 5.75 Å². The SMILES string of the molecule is Cc1c(/C=N\N=C2\CC[C@H]3[C@H]4CCc5cc(O)ccc5[C@@H]4CC[C@]23C)cnn1C. The number of phenols is 1. The van der Waals surface area contributed by atoms with E-state index in [0.29, 0.717) is 17.6 Å². The summed E-state index contributed by atoms with van der Waals surface area (Å²) in [5.74, 6) is 2.46. The molecule has 5 nitrogen and oxygen atoms in total. The van der Waals surface area contributed by atoms with Crippen molar-refractivity contribution in [2.45, 2.75) is 58.3 Å². The molecule has 0 unspecified atom stereocenters. The number of fused-ring (bicyclic) bond motifs is 5. The van der Waals surface area contributed by atoms with Crippen LogP contribution >= 0.6 is 0 Å². The van der Waals surface area contributed by atoms with Crippen molar-refractivity contribution >= 4 is 11.9 Å². The Morgan fingerprint density at radius 1 is 1.24 bits per heavy atom. The number of rotatable bonds is 2. The van der Waals surface area contributed by atoms with Crippen molar-refractivity contribution in [2.75, 3.05) is 0 Å². The van der Waals surface area contributed by atoms with E-state index in [-0.39, 0.29) is 5.41 Å². The quantitative estimate of drug-likeness (QED) is 0.593. The Hall–Kier alpha value is -2.43. The Morgan fingerprint density at radius 3 is 2.90 bits per heavy atom. The van der Waals surface area contributed by atoms with E-state index in [4.69, 9.17) is 5.10 Å². The molecule has 5 rings (SSSR count). The van der Waals surface area contributed by atoms with Crippen LogP contribution in [0.2, 0.25) is 0 Å². The molecule has 5 heteroatoms. The predicted octanol–water partition coefficient (Wildman–Crippen LogP) is 4.77. The van der Waals surface area contributed by atoms with Crippen LogP contribution in [-0.2, 0) is 13.5 Å². The lowest BCUT2D eigenvalue weighted by Gasteiger charge is -2.49. The summed E-state index contributed by atoms with van der Waals surface area (Å²) < 4.78 is 1.86. The molecular formula is C24H30N4O. The maximum Gasteiger partial charge on any atom is 0.115 e. The summed E-state index contributed by atoms with van der Waals surface area (Å²) >= 11 is 0. The van der Waals surface area contributed by atoms with Gasteiger partial charge in [-0.2, -0.15) is 15.3 Å². The molecule has 0 bridgehead atoms. The van der Waals surface area contributed by atoms with E-state index in [1.165, 1.54) is 42.5 Å². The molecule has 4 atom stereocenters. The zero-order valence-electron chi connectivity index (χ0n) is 17.6. The summed E-state index contributed by atoms with van der Waals surface area (Å²) in [5, 5.41) is 23.3. The molecule has 0 saturated heterocycles. The minimum absolute atomic E-state index is 0.177. The first-order valence-corrected chi connectivity index (χ1v) is 10.9. The molecule has 152 valence electrons. The first kappa shape index (κ1) is 18.6. The van der Waals surface area contributed by atoms with Crippen LogP contribution in [0.4, 0.5) is 0 Å². The zero-order valence-corrected chi connectivity index (χ0v) is 17.6. The zero-order chi connectivity index (χ0) is 20.2. The van der Waals surface area contributed by atoms with Crippen molar-refractivity contribution < 1.29 is 5.11 Å². The summed E-state index contributed by atoms with van der Waals surface area (Å²) in [6.07, 6.45) is 10.7. The van der Waals surface area contributed by atoms with Crippen LogP contribution in [0, 0.1) is 24.2 Å². The lowest BCUT2D eigenvalue weighted by molar-refractivity contribution is 0.0955. The molecule has 3 aliphatic carbocycles. The lowest BCUT2D eigenvalue weighted by atomic mass is 9.55. The van der Waals surface area contributed by atoms with E-state index in [0.717, 1.165) is 30.0 Å².